The number of nitrogens with zero attached hydrogens (tertiary/aromatic N) is 1. The molecule has 3 aromatic carbocycles. The summed E-state index contributed by atoms with van der Waals surface area (Å²) in [4.78, 5) is 14.6. The second kappa shape index (κ2) is 6.49. The van der Waals surface area contributed by atoms with Gasteiger partial charge in [0.2, 0.25) is 0 Å². The Hall–Kier alpha value is -2.87. The van der Waals surface area contributed by atoms with Gasteiger partial charge < -0.3 is 4.90 Å². The van der Waals surface area contributed by atoms with Gasteiger partial charge in [0.1, 0.15) is 0 Å². The van der Waals surface area contributed by atoms with Crippen molar-refractivity contribution in [2.45, 2.75) is 0 Å². The van der Waals surface area contributed by atoms with E-state index in [1.165, 1.54) is 0 Å². The fourth-order valence-electron chi connectivity index (χ4n) is 2.59. The minimum Gasteiger partial charge on any atom is -0.378 e. The summed E-state index contributed by atoms with van der Waals surface area (Å²) >= 11 is 0. The van der Waals surface area contributed by atoms with Gasteiger partial charge in [-0.3, -0.25) is 4.79 Å². The van der Waals surface area contributed by atoms with Crippen LogP contribution in [0.5, 0.6) is 0 Å². The van der Waals surface area contributed by atoms with Crippen LogP contribution >= 0.6 is 0 Å². The highest BCUT2D eigenvalue weighted by Crippen LogP contribution is 2.20. The third-order valence-electron chi connectivity index (χ3n) is 3.89. The fourth-order valence-corrected chi connectivity index (χ4v) is 2.59. The van der Waals surface area contributed by atoms with Crippen molar-refractivity contribution in [2.75, 3.05) is 19.0 Å². The minimum absolute atomic E-state index is 0.0264. The lowest BCUT2D eigenvalue weighted by Gasteiger charge is -2.11. The molecule has 2 nitrogen and oxygen atoms in total. The molecule has 0 amide bonds. The van der Waals surface area contributed by atoms with Crippen molar-refractivity contribution in [1.29, 1.82) is 0 Å². The number of benzene rings is 3. The molecule has 0 aliphatic rings. The highest BCUT2D eigenvalue weighted by molar-refractivity contribution is 6.14. The predicted molar refractivity (Wildman–Crippen MR) is 98.1 cm³/mol. The maximum Gasteiger partial charge on any atom is 0.186 e. The summed E-state index contributed by atoms with van der Waals surface area (Å²) in [5.41, 5.74) is 2.90. The standard InChI is InChI=1S/C21H19NO/c1-22(2)18-13-10-16(11-14-18)12-15-21(23)20-9-5-7-17-6-3-4-8-19(17)20/h3-15H,1-2H3/b15-12+. The van der Waals surface area contributed by atoms with Crippen LogP contribution in [0.2, 0.25) is 0 Å². The molecule has 0 unspecified atom stereocenters. The van der Waals surface area contributed by atoms with E-state index in [2.05, 4.69) is 4.90 Å². The lowest BCUT2D eigenvalue weighted by Crippen LogP contribution is -2.07. The van der Waals surface area contributed by atoms with Crippen molar-refractivity contribution in [3.8, 4) is 0 Å². The SMILES string of the molecule is CN(C)c1ccc(/C=C/C(=O)c2cccc3ccccc23)cc1. The van der Waals surface area contributed by atoms with Gasteiger partial charge in [0, 0.05) is 25.3 Å². The molecule has 0 spiro atoms. The van der Waals surface area contributed by atoms with E-state index in [9.17, 15) is 4.79 Å². The van der Waals surface area contributed by atoms with E-state index in [4.69, 9.17) is 0 Å². The molecule has 3 rings (SSSR count). The van der Waals surface area contributed by atoms with Gasteiger partial charge in [-0.25, -0.2) is 0 Å². The van der Waals surface area contributed by atoms with Gasteiger partial charge in [0.15, 0.2) is 5.78 Å². The smallest absolute Gasteiger partial charge is 0.186 e. The molecule has 3 aromatic rings. The van der Waals surface area contributed by atoms with Gasteiger partial charge in [0.05, 0.1) is 0 Å². The summed E-state index contributed by atoms with van der Waals surface area (Å²) in [7, 11) is 4.02. The normalized spacial score (nSPS) is 11.0. The molecule has 114 valence electrons. The minimum atomic E-state index is 0.0264. The Labute approximate surface area is 136 Å². The van der Waals surface area contributed by atoms with Crippen molar-refractivity contribution in [2.24, 2.45) is 0 Å². The Morgan fingerprint density at radius 2 is 1.57 bits per heavy atom. The first kappa shape index (κ1) is 15.0. The number of hydrogen-bond acceptors (Lipinski definition) is 2. The number of allylic oxidation sites excluding steroid dienone is 1. The molecular weight excluding hydrogens is 282 g/mol. The van der Waals surface area contributed by atoms with Gasteiger partial charge in [-0.2, -0.15) is 0 Å². The number of fused-ring (bicyclic) bond motifs is 1. The topological polar surface area (TPSA) is 20.3 Å². The van der Waals surface area contributed by atoms with Crippen LogP contribution in [0.15, 0.2) is 72.8 Å². The zero-order valence-corrected chi connectivity index (χ0v) is 13.4. The van der Waals surface area contributed by atoms with E-state index in [1.807, 2.05) is 86.9 Å². The lowest BCUT2D eigenvalue weighted by molar-refractivity contribution is 0.104. The number of hydrogen-bond donors (Lipinski definition) is 0. The van der Waals surface area contributed by atoms with Crippen LogP contribution in [0.25, 0.3) is 16.8 Å². The molecule has 0 bridgehead atoms. The Balaban J connectivity index is 1.85. The quantitative estimate of drug-likeness (QED) is 0.509. The molecule has 0 aliphatic carbocycles. The van der Waals surface area contributed by atoms with Crippen LogP contribution < -0.4 is 4.90 Å². The molecule has 2 heteroatoms. The molecule has 23 heavy (non-hydrogen) atoms. The molecule has 0 saturated carbocycles. The number of rotatable bonds is 4. The van der Waals surface area contributed by atoms with Gasteiger partial charge in [-0.05, 0) is 34.5 Å². The molecule has 0 aliphatic heterocycles. The number of carbonyl (C=O) groups excluding carboxylic acids is 1. The highest BCUT2D eigenvalue weighted by Gasteiger charge is 2.06. The van der Waals surface area contributed by atoms with Crippen molar-refractivity contribution >= 4 is 28.3 Å². The van der Waals surface area contributed by atoms with Crippen LogP contribution in [-0.2, 0) is 0 Å². The average molecular weight is 301 g/mol. The molecule has 0 aromatic heterocycles. The number of anilines is 1. The Morgan fingerprint density at radius 1 is 0.870 bits per heavy atom. The molecule has 0 saturated heterocycles. The molecule has 0 atom stereocenters. The van der Waals surface area contributed by atoms with E-state index < -0.39 is 0 Å². The van der Waals surface area contributed by atoms with Gasteiger partial charge in [0.25, 0.3) is 0 Å². The predicted octanol–water partition coefficient (Wildman–Crippen LogP) is 4.80. The second-order valence-corrected chi connectivity index (χ2v) is 5.71. The Morgan fingerprint density at radius 3 is 2.30 bits per heavy atom. The fraction of sp³-hybridized carbons (Fsp3) is 0.0952. The first-order chi connectivity index (χ1) is 11.1. The molecule has 0 heterocycles. The van der Waals surface area contributed by atoms with E-state index in [-0.39, 0.29) is 5.78 Å². The van der Waals surface area contributed by atoms with Gasteiger partial charge in [-0.1, -0.05) is 60.7 Å². The summed E-state index contributed by atoms with van der Waals surface area (Å²) in [6.07, 6.45) is 3.51. The largest absolute Gasteiger partial charge is 0.378 e. The maximum absolute atomic E-state index is 12.5. The first-order valence-electron chi connectivity index (χ1n) is 7.63. The lowest BCUT2D eigenvalue weighted by atomic mass is 10.0. The van der Waals surface area contributed by atoms with Gasteiger partial charge in [-0.15, -0.1) is 0 Å². The average Bonchev–Trinajstić information content (AvgIpc) is 2.59. The zero-order chi connectivity index (χ0) is 16.2. The summed E-state index contributed by atoms with van der Waals surface area (Å²) in [6, 6.07) is 21.9. The monoisotopic (exact) mass is 301 g/mol. The van der Waals surface area contributed by atoms with Crippen molar-refractivity contribution in [3.05, 3.63) is 83.9 Å². The van der Waals surface area contributed by atoms with Crippen molar-refractivity contribution < 1.29 is 4.79 Å². The van der Waals surface area contributed by atoms with Crippen LogP contribution in [-0.4, -0.2) is 19.9 Å². The summed E-state index contributed by atoms with van der Waals surface area (Å²) in [5, 5.41) is 2.08. The van der Waals surface area contributed by atoms with E-state index >= 15 is 0 Å². The van der Waals surface area contributed by atoms with Crippen LogP contribution in [0.3, 0.4) is 0 Å². The summed E-state index contributed by atoms with van der Waals surface area (Å²) < 4.78 is 0. The van der Waals surface area contributed by atoms with Crippen LogP contribution in [0.1, 0.15) is 15.9 Å². The van der Waals surface area contributed by atoms with E-state index in [1.54, 1.807) is 6.08 Å². The Kier molecular flexibility index (Phi) is 4.24. The van der Waals surface area contributed by atoms with Gasteiger partial charge >= 0.3 is 0 Å². The number of carbonyl (C=O) groups is 1. The van der Waals surface area contributed by atoms with Crippen LogP contribution in [0.4, 0.5) is 5.69 Å². The second-order valence-electron chi connectivity index (χ2n) is 5.71. The Bertz CT molecular complexity index is 855. The highest BCUT2D eigenvalue weighted by atomic mass is 16.1. The molecular formula is C21H19NO. The maximum atomic E-state index is 12.5. The summed E-state index contributed by atoms with van der Waals surface area (Å²) in [5.74, 6) is 0.0264. The first-order valence-corrected chi connectivity index (χ1v) is 7.63. The van der Waals surface area contributed by atoms with Crippen molar-refractivity contribution in [1.82, 2.24) is 0 Å². The van der Waals surface area contributed by atoms with E-state index in [0.717, 1.165) is 27.6 Å². The zero-order valence-electron chi connectivity index (χ0n) is 13.4. The molecule has 0 N–H and O–H groups in total. The summed E-state index contributed by atoms with van der Waals surface area (Å²) in [6.45, 7) is 0. The molecule has 0 radical (unpaired) electrons. The van der Waals surface area contributed by atoms with Crippen LogP contribution in [0, 0.1) is 0 Å². The third-order valence-corrected chi connectivity index (χ3v) is 3.89. The third kappa shape index (κ3) is 3.32. The molecule has 0 fully saturated rings. The number of ketones is 1. The van der Waals surface area contributed by atoms with Crippen molar-refractivity contribution in [3.63, 3.8) is 0 Å². The van der Waals surface area contributed by atoms with E-state index in [0.29, 0.717) is 0 Å².